The molecule has 1 rings (SSSR count). The summed E-state index contributed by atoms with van der Waals surface area (Å²) in [4.78, 5) is 0. The predicted octanol–water partition coefficient (Wildman–Crippen LogP) is -0.682. The van der Waals surface area contributed by atoms with E-state index in [9.17, 15) is 5.11 Å². The molecule has 0 aliphatic carbocycles. The SMILES string of the molecule is CO[C@@H]1OC[C@@H](O)[C@H](O)[C@@H]1Cl. The molecule has 1 saturated heterocycles. The van der Waals surface area contributed by atoms with Crippen LogP contribution in [-0.4, -0.2) is 47.8 Å². The van der Waals surface area contributed by atoms with E-state index in [1.165, 1.54) is 7.11 Å². The van der Waals surface area contributed by atoms with E-state index < -0.39 is 23.9 Å². The average molecular weight is 183 g/mol. The molecular weight excluding hydrogens is 172 g/mol. The highest BCUT2D eigenvalue weighted by Gasteiger charge is 2.37. The molecule has 1 heterocycles. The van der Waals surface area contributed by atoms with Crippen molar-refractivity contribution in [3.63, 3.8) is 0 Å². The van der Waals surface area contributed by atoms with Crippen LogP contribution in [0, 0.1) is 0 Å². The molecule has 1 aliphatic heterocycles. The largest absolute Gasteiger partial charge is 0.389 e. The lowest BCUT2D eigenvalue weighted by molar-refractivity contribution is -0.202. The van der Waals surface area contributed by atoms with Gasteiger partial charge in [-0.15, -0.1) is 11.6 Å². The topological polar surface area (TPSA) is 58.9 Å². The summed E-state index contributed by atoms with van der Waals surface area (Å²) in [5, 5.41) is 17.5. The molecule has 1 fully saturated rings. The van der Waals surface area contributed by atoms with Gasteiger partial charge in [-0.25, -0.2) is 0 Å². The van der Waals surface area contributed by atoms with E-state index >= 15 is 0 Å². The van der Waals surface area contributed by atoms with Gasteiger partial charge in [-0.3, -0.25) is 0 Å². The molecule has 0 aromatic rings. The molecule has 1 aliphatic rings. The zero-order chi connectivity index (χ0) is 8.43. The summed E-state index contributed by atoms with van der Waals surface area (Å²) in [5.74, 6) is 0. The first kappa shape index (κ1) is 9.22. The zero-order valence-corrected chi connectivity index (χ0v) is 6.86. The van der Waals surface area contributed by atoms with Gasteiger partial charge in [0, 0.05) is 7.11 Å². The van der Waals surface area contributed by atoms with Crippen LogP contribution in [0.25, 0.3) is 0 Å². The lowest BCUT2D eigenvalue weighted by atomic mass is 10.1. The summed E-state index contributed by atoms with van der Waals surface area (Å²) in [5.41, 5.74) is 0. The van der Waals surface area contributed by atoms with Crippen LogP contribution in [0.1, 0.15) is 0 Å². The van der Waals surface area contributed by atoms with Crippen molar-refractivity contribution in [3.05, 3.63) is 0 Å². The van der Waals surface area contributed by atoms with Gasteiger partial charge in [-0.05, 0) is 0 Å². The zero-order valence-electron chi connectivity index (χ0n) is 6.11. The van der Waals surface area contributed by atoms with Gasteiger partial charge in [0.15, 0.2) is 6.29 Å². The van der Waals surface area contributed by atoms with E-state index in [4.69, 9.17) is 26.2 Å². The molecule has 2 N–H and O–H groups in total. The predicted molar refractivity (Wildman–Crippen MR) is 38.4 cm³/mol. The molecule has 0 spiro atoms. The number of alkyl halides is 1. The Morgan fingerprint density at radius 1 is 1.55 bits per heavy atom. The van der Waals surface area contributed by atoms with Gasteiger partial charge in [-0.1, -0.05) is 0 Å². The van der Waals surface area contributed by atoms with Gasteiger partial charge in [0.25, 0.3) is 0 Å². The van der Waals surface area contributed by atoms with Crippen LogP contribution in [0.4, 0.5) is 0 Å². The fraction of sp³-hybridized carbons (Fsp3) is 1.00. The number of ether oxygens (including phenoxy) is 2. The van der Waals surface area contributed by atoms with Crippen molar-refractivity contribution in [2.24, 2.45) is 0 Å². The lowest BCUT2D eigenvalue weighted by Crippen LogP contribution is -2.50. The van der Waals surface area contributed by atoms with Crippen LogP contribution in [0.15, 0.2) is 0 Å². The number of hydrogen-bond acceptors (Lipinski definition) is 4. The normalized spacial score (nSPS) is 45.8. The van der Waals surface area contributed by atoms with Crippen molar-refractivity contribution in [3.8, 4) is 0 Å². The second-order valence-electron chi connectivity index (χ2n) is 2.44. The fourth-order valence-corrected chi connectivity index (χ4v) is 1.30. The number of aliphatic hydroxyl groups excluding tert-OH is 2. The van der Waals surface area contributed by atoms with E-state index in [1.54, 1.807) is 0 Å². The minimum atomic E-state index is -0.977. The third kappa shape index (κ3) is 1.83. The van der Waals surface area contributed by atoms with Gasteiger partial charge in [0.2, 0.25) is 0 Å². The maximum Gasteiger partial charge on any atom is 0.176 e. The average Bonchev–Trinajstić information content (AvgIpc) is 2.01. The fourth-order valence-electron chi connectivity index (χ4n) is 0.955. The van der Waals surface area contributed by atoms with Gasteiger partial charge in [-0.2, -0.15) is 0 Å². The Bertz CT molecular complexity index is 130. The molecule has 0 aromatic heterocycles. The van der Waals surface area contributed by atoms with Crippen molar-refractivity contribution in [1.29, 1.82) is 0 Å². The van der Waals surface area contributed by atoms with Crippen LogP contribution in [0.3, 0.4) is 0 Å². The summed E-state index contributed by atoms with van der Waals surface area (Å²) in [6.07, 6.45) is -2.52. The third-order valence-corrected chi connectivity index (χ3v) is 2.11. The summed E-state index contributed by atoms with van der Waals surface area (Å²) >= 11 is 5.67. The van der Waals surface area contributed by atoms with Crippen molar-refractivity contribution < 1.29 is 19.7 Å². The summed E-state index contributed by atoms with van der Waals surface area (Å²) in [6.45, 7) is 0.0584. The number of rotatable bonds is 1. The Morgan fingerprint density at radius 3 is 2.73 bits per heavy atom. The van der Waals surface area contributed by atoms with Crippen molar-refractivity contribution >= 4 is 11.6 Å². The second kappa shape index (κ2) is 3.69. The number of aliphatic hydroxyl groups is 2. The molecular formula is C6H11ClO4. The van der Waals surface area contributed by atoms with E-state index in [2.05, 4.69) is 0 Å². The van der Waals surface area contributed by atoms with Crippen molar-refractivity contribution in [2.45, 2.75) is 23.9 Å². The Kier molecular flexibility index (Phi) is 3.09. The quantitative estimate of drug-likeness (QED) is 0.528. The van der Waals surface area contributed by atoms with Crippen LogP contribution in [-0.2, 0) is 9.47 Å². The standard InChI is InChI=1S/C6H11ClO4/c1-10-6-4(7)5(9)3(8)2-11-6/h3-6,8-9H,2H2,1H3/t3-,4+,5+,6-/m1/s1. The van der Waals surface area contributed by atoms with Gasteiger partial charge >= 0.3 is 0 Å². The maximum absolute atomic E-state index is 9.21. The molecule has 0 amide bonds. The van der Waals surface area contributed by atoms with Crippen LogP contribution >= 0.6 is 11.6 Å². The second-order valence-corrected chi connectivity index (χ2v) is 2.94. The van der Waals surface area contributed by atoms with E-state index in [-0.39, 0.29) is 6.61 Å². The highest BCUT2D eigenvalue weighted by molar-refractivity contribution is 6.21. The molecule has 0 radical (unpaired) electrons. The Labute approximate surface area is 69.7 Å². The van der Waals surface area contributed by atoms with E-state index in [0.717, 1.165) is 0 Å². The number of hydrogen-bond donors (Lipinski definition) is 2. The van der Waals surface area contributed by atoms with Crippen molar-refractivity contribution in [2.75, 3.05) is 13.7 Å². The van der Waals surface area contributed by atoms with Crippen LogP contribution < -0.4 is 0 Å². The first-order valence-electron chi connectivity index (χ1n) is 3.31. The molecule has 11 heavy (non-hydrogen) atoms. The molecule has 0 bridgehead atoms. The van der Waals surface area contributed by atoms with E-state index in [1.807, 2.05) is 0 Å². The highest BCUT2D eigenvalue weighted by Crippen LogP contribution is 2.20. The minimum absolute atomic E-state index is 0.0584. The first-order valence-corrected chi connectivity index (χ1v) is 3.75. The van der Waals surface area contributed by atoms with Gasteiger partial charge in [0.05, 0.1) is 6.61 Å². The molecule has 0 aromatic carbocycles. The molecule has 5 heteroatoms. The van der Waals surface area contributed by atoms with E-state index in [0.29, 0.717) is 0 Å². The first-order chi connectivity index (χ1) is 5.16. The summed E-state index contributed by atoms with van der Waals surface area (Å²) < 4.78 is 9.75. The minimum Gasteiger partial charge on any atom is -0.389 e. The monoisotopic (exact) mass is 182 g/mol. The summed E-state index contributed by atoms with van der Waals surface area (Å²) in [7, 11) is 1.43. The summed E-state index contributed by atoms with van der Waals surface area (Å²) in [6, 6.07) is 0. The molecule has 4 nitrogen and oxygen atoms in total. The molecule has 66 valence electrons. The van der Waals surface area contributed by atoms with Gasteiger partial charge < -0.3 is 19.7 Å². The van der Waals surface area contributed by atoms with Crippen molar-refractivity contribution in [1.82, 2.24) is 0 Å². The smallest absolute Gasteiger partial charge is 0.176 e. The molecule has 0 unspecified atom stereocenters. The van der Waals surface area contributed by atoms with Gasteiger partial charge in [0.1, 0.15) is 17.6 Å². The maximum atomic E-state index is 9.21. The number of methoxy groups -OCH3 is 1. The Balaban J connectivity index is 2.52. The Morgan fingerprint density at radius 2 is 2.18 bits per heavy atom. The Hall–Kier alpha value is 0.130. The molecule has 4 atom stereocenters. The van der Waals surface area contributed by atoms with Crippen LogP contribution in [0.2, 0.25) is 0 Å². The molecule has 0 saturated carbocycles. The third-order valence-electron chi connectivity index (χ3n) is 1.64. The number of halogens is 1. The lowest BCUT2D eigenvalue weighted by Gasteiger charge is -2.33. The van der Waals surface area contributed by atoms with Crippen LogP contribution in [0.5, 0.6) is 0 Å². The highest BCUT2D eigenvalue weighted by atomic mass is 35.5.